The van der Waals surface area contributed by atoms with E-state index in [9.17, 15) is 0 Å². The van der Waals surface area contributed by atoms with Gasteiger partial charge in [-0.25, -0.2) is 0 Å². The molecule has 0 radical (unpaired) electrons. The predicted octanol–water partition coefficient (Wildman–Crippen LogP) is 20.4. The minimum atomic E-state index is 0.0484. The zero-order chi connectivity index (χ0) is 48.9. The van der Waals surface area contributed by atoms with Crippen LogP contribution in [-0.4, -0.2) is 14.5 Å². The SMILES string of the molecule is c1ccc2c(c1)ccc1oc3ccc(-c4c5ccccc5c(-c5cccc6c5[se]c5cccc(-c7c8ccccc8c(-c8ccc9oc%10ccc%11ccccc%11c%10c9c8)c8ccccc78)c56)c5ccccc45)cc3c12. The topological polar surface area (TPSA) is 26.3 Å². The molecule has 0 saturated heterocycles. The molecule has 3 heteroatoms. The molecule has 0 aliphatic carbocycles. The Morgan fingerprint density at radius 1 is 0.240 bits per heavy atom. The molecule has 75 heavy (non-hydrogen) atoms. The fraction of sp³-hybridized carbons (Fsp3) is 0. The van der Waals surface area contributed by atoms with Crippen LogP contribution in [0.4, 0.5) is 0 Å². The molecule has 17 rings (SSSR count). The van der Waals surface area contributed by atoms with Gasteiger partial charge in [0.05, 0.1) is 0 Å². The van der Waals surface area contributed by atoms with Gasteiger partial charge in [0, 0.05) is 0 Å². The van der Waals surface area contributed by atoms with E-state index in [1.54, 1.807) is 0 Å². The summed E-state index contributed by atoms with van der Waals surface area (Å²) in [7, 11) is 0. The standard InChI is InChI=1S/C72H40O2Se/c1-3-17-45-41(15-1)31-37-62-69(45)58-39-43(33-35-60(58)73-62)65-47-19-5-9-23-51(47)67(52-24-10-6-20-48(52)65)55-27-14-30-64-71(55)57-29-13-28-56(72(57)75-64)68-53-25-11-7-21-49(53)66(50-22-8-12-26-54(50)68)44-34-36-61-59(40-44)70-46-18-4-2-16-42(46)32-38-63(70)74-61/h1-40H. The average Bonchev–Trinajstić information content (AvgIpc) is 4.18. The van der Waals surface area contributed by atoms with Crippen molar-refractivity contribution >= 4 is 142 Å². The number of hydrogen-bond acceptors (Lipinski definition) is 2. The fourth-order valence-electron chi connectivity index (χ4n) is 13.1. The van der Waals surface area contributed by atoms with Gasteiger partial charge in [-0.05, 0) is 11.5 Å². The average molecular weight is 1020 g/mol. The van der Waals surface area contributed by atoms with Crippen molar-refractivity contribution in [2.45, 2.75) is 0 Å². The van der Waals surface area contributed by atoms with E-state index in [2.05, 4.69) is 243 Å². The van der Waals surface area contributed by atoms with Gasteiger partial charge in [-0.15, -0.1) is 0 Å². The first-order valence-corrected chi connectivity index (χ1v) is 27.4. The van der Waals surface area contributed by atoms with Crippen molar-refractivity contribution in [3.8, 4) is 44.5 Å². The Morgan fingerprint density at radius 3 is 1.09 bits per heavy atom. The zero-order valence-corrected chi connectivity index (χ0v) is 42.0. The first-order chi connectivity index (χ1) is 37.2. The third kappa shape index (κ3) is 5.85. The number of furan rings is 2. The van der Waals surface area contributed by atoms with Gasteiger partial charge in [0.1, 0.15) is 0 Å². The molecule has 346 valence electrons. The molecule has 0 amide bonds. The van der Waals surface area contributed by atoms with Crippen LogP contribution >= 0.6 is 0 Å². The molecular formula is C72H40O2Se. The van der Waals surface area contributed by atoms with E-state index in [-0.39, 0.29) is 14.5 Å². The third-order valence-electron chi connectivity index (χ3n) is 16.2. The Labute approximate surface area is 435 Å². The second-order valence-corrected chi connectivity index (χ2v) is 22.3. The first-order valence-electron chi connectivity index (χ1n) is 25.7. The van der Waals surface area contributed by atoms with E-state index in [0.717, 1.165) is 33.1 Å². The van der Waals surface area contributed by atoms with E-state index in [1.807, 2.05) is 0 Å². The van der Waals surface area contributed by atoms with Crippen LogP contribution < -0.4 is 0 Å². The Hall–Kier alpha value is -9.24. The Kier molecular flexibility index (Phi) is 8.60. The van der Waals surface area contributed by atoms with E-state index < -0.39 is 0 Å². The minimum absolute atomic E-state index is 0.0484. The molecule has 3 aromatic heterocycles. The molecule has 0 aliphatic rings. The number of rotatable bonds is 4. The van der Waals surface area contributed by atoms with Crippen molar-refractivity contribution in [2.75, 3.05) is 0 Å². The van der Waals surface area contributed by atoms with Gasteiger partial charge in [0.25, 0.3) is 0 Å². The van der Waals surface area contributed by atoms with Crippen LogP contribution in [-0.2, 0) is 0 Å². The Balaban J connectivity index is 0.890. The van der Waals surface area contributed by atoms with E-state index in [1.165, 1.54) is 139 Å². The van der Waals surface area contributed by atoms with Crippen molar-refractivity contribution in [3.05, 3.63) is 243 Å². The van der Waals surface area contributed by atoms with Gasteiger partial charge in [0.2, 0.25) is 0 Å². The molecule has 3 heterocycles. The maximum absolute atomic E-state index is 6.51. The third-order valence-corrected chi connectivity index (χ3v) is 18.7. The summed E-state index contributed by atoms with van der Waals surface area (Å²) < 4.78 is 15.9. The molecule has 0 saturated carbocycles. The summed E-state index contributed by atoms with van der Waals surface area (Å²) >= 11 is 0.0484. The van der Waals surface area contributed by atoms with E-state index >= 15 is 0 Å². The summed E-state index contributed by atoms with van der Waals surface area (Å²) in [6, 6.07) is 89.8. The summed E-state index contributed by atoms with van der Waals surface area (Å²) in [5.74, 6) is 0. The van der Waals surface area contributed by atoms with Crippen molar-refractivity contribution in [2.24, 2.45) is 0 Å². The van der Waals surface area contributed by atoms with Crippen molar-refractivity contribution < 1.29 is 8.83 Å². The van der Waals surface area contributed by atoms with Crippen LogP contribution in [0.1, 0.15) is 0 Å². The van der Waals surface area contributed by atoms with Crippen LogP contribution in [0.3, 0.4) is 0 Å². The quantitative estimate of drug-likeness (QED) is 0.130. The molecule has 14 aromatic carbocycles. The molecule has 0 spiro atoms. The molecule has 0 aliphatic heterocycles. The van der Waals surface area contributed by atoms with Crippen molar-refractivity contribution in [1.82, 2.24) is 0 Å². The van der Waals surface area contributed by atoms with Crippen LogP contribution in [0.15, 0.2) is 251 Å². The molecule has 0 N–H and O–H groups in total. The van der Waals surface area contributed by atoms with Crippen LogP contribution in [0.25, 0.3) is 172 Å². The number of fused-ring (bicyclic) bond motifs is 17. The molecule has 0 bridgehead atoms. The summed E-state index contributed by atoms with van der Waals surface area (Å²) in [5, 5.41) is 22.2. The van der Waals surface area contributed by atoms with E-state index in [0.29, 0.717) is 0 Å². The van der Waals surface area contributed by atoms with Gasteiger partial charge in [-0.1, -0.05) is 54.6 Å². The molecule has 0 atom stereocenters. The molecular weight excluding hydrogens is 976 g/mol. The van der Waals surface area contributed by atoms with E-state index in [4.69, 9.17) is 8.83 Å². The summed E-state index contributed by atoms with van der Waals surface area (Å²) in [5.41, 5.74) is 13.7. The number of hydrogen-bond donors (Lipinski definition) is 0. The monoisotopic (exact) mass is 1020 g/mol. The summed E-state index contributed by atoms with van der Waals surface area (Å²) in [6.07, 6.45) is 0. The number of benzene rings is 14. The predicted molar refractivity (Wildman–Crippen MR) is 320 cm³/mol. The molecule has 0 unspecified atom stereocenters. The Morgan fingerprint density at radius 2 is 0.613 bits per heavy atom. The van der Waals surface area contributed by atoms with Crippen LogP contribution in [0.2, 0.25) is 0 Å². The normalized spacial score (nSPS) is 12.3. The fourth-order valence-corrected chi connectivity index (χ4v) is 15.7. The molecule has 0 fully saturated rings. The summed E-state index contributed by atoms with van der Waals surface area (Å²) in [6.45, 7) is 0. The second-order valence-electron chi connectivity index (χ2n) is 20.1. The maximum atomic E-state index is 6.51. The van der Waals surface area contributed by atoms with Gasteiger partial charge < -0.3 is 0 Å². The summed E-state index contributed by atoms with van der Waals surface area (Å²) in [4.78, 5) is 0. The van der Waals surface area contributed by atoms with Gasteiger partial charge in [-0.2, -0.15) is 0 Å². The van der Waals surface area contributed by atoms with Gasteiger partial charge >= 0.3 is 372 Å². The van der Waals surface area contributed by atoms with Crippen molar-refractivity contribution in [1.29, 1.82) is 0 Å². The van der Waals surface area contributed by atoms with Gasteiger partial charge in [0.15, 0.2) is 0 Å². The van der Waals surface area contributed by atoms with Gasteiger partial charge in [-0.3, -0.25) is 0 Å². The molecule has 17 aromatic rings. The van der Waals surface area contributed by atoms with Crippen LogP contribution in [0, 0.1) is 0 Å². The first kappa shape index (κ1) is 41.3. The van der Waals surface area contributed by atoms with Crippen LogP contribution in [0.5, 0.6) is 0 Å². The zero-order valence-electron chi connectivity index (χ0n) is 40.3. The second kappa shape index (κ2) is 15.6. The van der Waals surface area contributed by atoms with Crippen molar-refractivity contribution in [3.63, 3.8) is 0 Å². The Bertz CT molecular complexity index is 5200. The molecule has 2 nitrogen and oxygen atoms in total.